The number of rotatable bonds is 5. The zero-order valence-corrected chi connectivity index (χ0v) is 13.6. The fraction of sp³-hybridized carbons (Fsp3) is 0.316. The van der Waals surface area contributed by atoms with Crippen molar-refractivity contribution in [1.29, 1.82) is 0 Å². The smallest absolute Gasteiger partial charge is 0.227 e. The molecule has 3 heteroatoms. The maximum Gasteiger partial charge on any atom is 0.227 e. The molecule has 0 radical (unpaired) electrons. The first-order chi connectivity index (χ1) is 10.7. The molecule has 0 unspecified atom stereocenters. The minimum atomic E-state index is 0.133. The molecule has 0 spiro atoms. The highest BCUT2D eigenvalue weighted by molar-refractivity contribution is 7.99. The summed E-state index contributed by atoms with van der Waals surface area (Å²) >= 11 is 1.79. The number of benzene rings is 2. The maximum atomic E-state index is 12.7. The number of carbonyl (C=O) groups excluding carboxylic acids is 1. The summed E-state index contributed by atoms with van der Waals surface area (Å²) < 4.78 is 0. The molecule has 2 atom stereocenters. The number of carbonyl (C=O) groups is 1. The Balaban J connectivity index is 1.60. The van der Waals surface area contributed by atoms with Gasteiger partial charge in [-0.25, -0.2) is 0 Å². The minimum absolute atomic E-state index is 0.133. The Morgan fingerprint density at radius 2 is 1.68 bits per heavy atom. The predicted molar refractivity (Wildman–Crippen MR) is 91.7 cm³/mol. The van der Waals surface area contributed by atoms with Crippen molar-refractivity contribution in [1.82, 2.24) is 4.90 Å². The van der Waals surface area contributed by atoms with Crippen LogP contribution in [0.1, 0.15) is 12.5 Å². The predicted octanol–water partition coefficient (Wildman–Crippen LogP) is 4.07. The summed E-state index contributed by atoms with van der Waals surface area (Å²) in [5.74, 6) is 1.73. The van der Waals surface area contributed by atoms with Gasteiger partial charge in [0.15, 0.2) is 0 Å². The van der Waals surface area contributed by atoms with Crippen molar-refractivity contribution in [2.45, 2.75) is 18.4 Å². The van der Waals surface area contributed by atoms with Gasteiger partial charge in [-0.3, -0.25) is 4.79 Å². The van der Waals surface area contributed by atoms with Gasteiger partial charge in [0.2, 0.25) is 5.91 Å². The van der Waals surface area contributed by atoms with Gasteiger partial charge in [-0.15, -0.1) is 11.8 Å². The number of thioether (sulfide) groups is 1. The molecule has 1 heterocycles. The van der Waals surface area contributed by atoms with Gasteiger partial charge in [0.05, 0.1) is 5.92 Å². The van der Waals surface area contributed by atoms with Gasteiger partial charge in [0.1, 0.15) is 0 Å². The van der Waals surface area contributed by atoms with Crippen LogP contribution in [0.25, 0.3) is 0 Å². The van der Waals surface area contributed by atoms with Gasteiger partial charge in [-0.05, 0) is 23.6 Å². The number of likely N-dealkylation sites (tertiary alicyclic amines) is 1. The average Bonchev–Trinajstić information content (AvgIpc) is 2.81. The zero-order chi connectivity index (χ0) is 15.4. The summed E-state index contributed by atoms with van der Waals surface area (Å²) in [5, 5.41) is 0. The van der Waals surface area contributed by atoms with Gasteiger partial charge < -0.3 is 4.90 Å². The lowest BCUT2D eigenvalue weighted by Gasteiger charge is -2.16. The van der Waals surface area contributed by atoms with Gasteiger partial charge in [-0.2, -0.15) is 0 Å². The molecule has 2 aromatic rings. The van der Waals surface area contributed by atoms with E-state index in [1.165, 1.54) is 10.5 Å². The summed E-state index contributed by atoms with van der Waals surface area (Å²) in [6.07, 6.45) is 0. The second-order valence-electron chi connectivity index (χ2n) is 5.91. The highest BCUT2D eigenvalue weighted by atomic mass is 32.2. The van der Waals surface area contributed by atoms with E-state index in [-0.39, 0.29) is 5.92 Å². The second kappa shape index (κ2) is 7.01. The van der Waals surface area contributed by atoms with Crippen molar-refractivity contribution in [3.63, 3.8) is 0 Å². The van der Waals surface area contributed by atoms with E-state index in [1.807, 2.05) is 41.3 Å². The molecule has 0 aliphatic carbocycles. The van der Waals surface area contributed by atoms with Crippen molar-refractivity contribution in [2.24, 2.45) is 11.8 Å². The fourth-order valence-corrected chi connectivity index (χ4v) is 4.12. The molecule has 0 aromatic heterocycles. The van der Waals surface area contributed by atoms with Crippen LogP contribution >= 0.6 is 11.8 Å². The quantitative estimate of drug-likeness (QED) is 0.776. The van der Waals surface area contributed by atoms with E-state index in [0.717, 1.165) is 18.8 Å². The fourth-order valence-electron chi connectivity index (χ4n) is 2.93. The van der Waals surface area contributed by atoms with Crippen molar-refractivity contribution >= 4 is 17.7 Å². The molecule has 114 valence electrons. The summed E-state index contributed by atoms with van der Waals surface area (Å²) in [6, 6.07) is 20.6. The van der Waals surface area contributed by atoms with Gasteiger partial charge >= 0.3 is 0 Å². The van der Waals surface area contributed by atoms with E-state index >= 15 is 0 Å². The number of amides is 1. The third kappa shape index (κ3) is 3.53. The molecule has 3 rings (SSSR count). The summed E-state index contributed by atoms with van der Waals surface area (Å²) in [6.45, 7) is 3.80. The molecular weight excluding hydrogens is 290 g/mol. The van der Waals surface area contributed by atoms with Gasteiger partial charge in [0, 0.05) is 23.7 Å². The lowest BCUT2D eigenvalue weighted by Crippen LogP contribution is -2.27. The maximum absolute atomic E-state index is 12.7. The Bertz CT molecular complexity index is 614. The van der Waals surface area contributed by atoms with E-state index in [0.29, 0.717) is 11.8 Å². The van der Waals surface area contributed by atoms with E-state index in [9.17, 15) is 4.79 Å². The van der Waals surface area contributed by atoms with Crippen LogP contribution in [0.2, 0.25) is 0 Å². The Hall–Kier alpha value is -1.74. The van der Waals surface area contributed by atoms with Crippen LogP contribution in [-0.4, -0.2) is 23.1 Å². The topological polar surface area (TPSA) is 20.3 Å². The third-order valence-electron chi connectivity index (χ3n) is 4.21. The Labute approximate surface area is 136 Å². The van der Waals surface area contributed by atoms with Crippen molar-refractivity contribution in [3.8, 4) is 0 Å². The van der Waals surface area contributed by atoms with Crippen LogP contribution in [-0.2, 0) is 11.3 Å². The number of nitrogens with zero attached hydrogens (tertiary/aromatic N) is 1. The normalized spacial score (nSPS) is 21.3. The minimum Gasteiger partial charge on any atom is -0.338 e. The Morgan fingerprint density at radius 1 is 1.05 bits per heavy atom. The van der Waals surface area contributed by atoms with Crippen LogP contribution in [0.4, 0.5) is 0 Å². The molecule has 1 fully saturated rings. The molecule has 0 bridgehead atoms. The first-order valence-corrected chi connectivity index (χ1v) is 8.73. The summed E-state index contributed by atoms with van der Waals surface area (Å²) in [5.41, 5.74) is 1.21. The lowest BCUT2D eigenvalue weighted by molar-refractivity contribution is -0.131. The van der Waals surface area contributed by atoms with Crippen LogP contribution < -0.4 is 0 Å². The van der Waals surface area contributed by atoms with E-state index in [2.05, 4.69) is 31.2 Å². The van der Waals surface area contributed by atoms with Crippen LogP contribution in [0.5, 0.6) is 0 Å². The molecular formula is C19H21NOS. The average molecular weight is 311 g/mol. The van der Waals surface area contributed by atoms with Crippen molar-refractivity contribution < 1.29 is 4.79 Å². The van der Waals surface area contributed by atoms with Crippen LogP contribution in [0.15, 0.2) is 65.6 Å². The van der Waals surface area contributed by atoms with Crippen LogP contribution in [0, 0.1) is 11.8 Å². The molecule has 1 amide bonds. The first kappa shape index (κ1) is 15.2. The third-order valence-corrected chi connectivity index (χ3v) is 5.34. The first-order valence-electron chi connectivity index (χ1n) is 7.74. The van der Waals surface area contributed by atoms with Gasteiger partial charge in [0.25, 0.3) is 0 Å². The monoisotopic (exact) mass is 311 g/mol. The van der Waals surface area contributed by atoms with Crippen LogP contribution in [0.3, 0.4) is 0 Å². The van der Waals surface area contributed by atoms with E-state index < -0.39 is 0 Å². The van der Waals surface area contributed by atoms with E-state index in [1.54, 1.807) is 11.8 Å². The van der Waals surface area contributed by atoms with Gasteiger partial charge in [-0.1, -0.05) is 55.5 Å². The Kier molecular flexibility index (Phi) is 4.84. The Morgan fingerprint density at radius 3 is 2.36 bits per heavy atom. The second-order valence-corrected chi connectivity index (χ2v) is 7.01. The summed E-state index contributed by atoms with van der Waals surface area (Å²) in [4.78, 5) is 15.9. The van der Waals surface area contributed by atoms with E-state index in [4.69, 9.17) is 0 Å². The zero-order valence-electron chi connectivity index (χ0n) is 12.8. The molecule has 2 aromatic carbocycles. The number of hydrogen-bond donors (Lipinski definition) is 0. The summed E-state index contributed by atoms with van der Waals surface area (Å²) in [7, 11) is 0. The molecule has 1 saturated heterocycles. The molecule has 0 N–H and O–H groups in total. The number of hydrogen-bond acceptors (Lipinski definition) is 2. The molecule has 2 nitrogen and oxygen atoms in total. The molecule has 1 aliphatic heterocycles. The SMILES string of the molecule is C[C@H]1CN(Cc2ccccc2)C(=O)[C@@H]1CSc1ccccc1. The largest absolute Gasteiger partial charge is 0.338 e. The standard InChI is InChI=1S/C19H21NOS/c1-15-12-20(13-16-8-4-2-5-9-16)19(21)18(15)14-22-17-10-6-3-7-11-17/h2-11,15,18H,12-14H2,1H3/t15-,18+/m0/s1. The highest BCUT2D eigenvalue weighted by Crippen LogP contribution is 2.31. The molecule has 0 saturated carbocycles. The van der Waals surface area contributed by atoms with Crippen molar-refractivity contribution in [3.05, 3.63) is 66.2 Å². The molecule has 1 aliphatic rings. The van der Waals surface area contributed by atoms with Crippen molar-refractivity contribution in [2.75, 3.05) is 12.3 Å². The lowest BCUT2D eigenvalue weighted by atomic mass is 10.0. The highest BCUT2D eigenvalue weighted by Gasteiger charge is 2.37. The molecule has 22 heavy (non-hydrogen) atoms.